The number of carboxylic acids is 1. The quantitative estimate of drug-likeness (QED) is 0.774. The first kappa shape index (κ1) is 17.7. The molecule has 1 aromatic carbocycles. The molecular formula is C16H21NO5. The summed E-state index contributed by atoms with van der Waals surface area (Å²) < 4.78 is 5.20. The van der Waals surface area contributed by atoms with Crippen molar-refractivity contribution in [3.63, 3.8) is 0 Å². The highest BCUT2D eigenvalue weighted by atomic mass is 16.5. The monoisotopic (exact) mass is 307 g/mol. The Labute approximate surface area is 129 Å². The normalized spacial score (nSPS) is 11.6. The number of Topliss-reactive ketones (excluding diaryl/α,β-unsaturated/α-hetero) is 1. The molecule has 22 heavy (non-hydrogen) atoms. The topological polar surface area (TPSA) is 83.9 Å². The Morgan fingerprint density at radius 2 is 1.95 bits per heavy atom. The minimum Gasteiger partial charge on any atom is -0.496 e. The highest BCUT2D eigenvalue weighted by Crippen LogP contribution is 2.21. The number of nitrogens with zero attached hydrogens (tertiary/aromatic N) is 1. The van der Waals surface area contributed by atoms with Crippen molar-refractivity contribution in [1.82, 2.24) is 4.90 Å². The zero-order valence-electron chi connectivity index (χ0n) is 13.3. The van der Waals surface area contributed by atoms with Crippen molar-refractivity contribution in [3.05, 3.63) is 29.3 Å². The fourth-order valence-electron chi connectivity index (χ4n) is 2.02. The Bertz CT molecular complexity index is 582. The molecule has 0 aliphatic rings. The molecule has 0 aliphatic carbocycles. The number of ketones is 1. The number of hydrogen-bond donors (Lipinski definition) is 1. The predicted molar refractivity (Wildman–Crippen MR) is 81.1 cm³/mol. The molecule has 120 valence electrons. The standard InChI is InChI=1S/C16H21NO5/c1-10(16(20)21)9-17(3)15(19)8-13-7-12(11(2)18)5-6-14(13)22-4/h5-7,10H,8-9H2,1-4H3,(H,20,21). The van der Waals surface area contributed by atoms with Crippen LogP contribution in [0.15, 0.2) is 18.2 Å². The number of carboxylic acid groups (broad SMARTS) is 1. The van der Waals surface area contributed by atoms with Crippen LogP contribution in [-0.2, 0) is 16.0 Å². The van der Waals surface area contributed by atoms with Gasteiger partial charge in [0.05, 0.1) is 19.4 Å². The van der Waals surface area contributed by atoms with Crippen LogP contribution in [0.2, 0.25) is 0 Å². The maximum Gasteiger partial charge on any atom is 0.308 e. The van der Waals surface area contributed by atoms with E-state index in [2.05, 4.69) is 0 Å². The van der Waals surface area contributed by atoms with Gasteiger partial charge in [0.2, 0.25) is 5.91 Å². The van der Waals surface area contributed by atoms with Gasteiger partial charge in [0.1, 0.15) is 5.75 Å². The van der Waals surface area contributed by atoms with E-state index in [0.717, 1.165) is 0 Å². The summed E-state index contributed by atoms with van der Waals surface area (Å²) in [7, 11) is 3.05. The first-order valence-electron chi connectivity index (χ1n) is 6.90. The molecule has 0 heterocycles. The molecule has 1 unspecified atom stereocenters. The third-order valence-electron chi connectivity index (χ3n) is 3.42. The van der Waals surface area contributed by atoms with Gasteiger partial charge in [-0.15, -0.1) is 0 Å². The van der Waals surface area contributed by atoms with Gasteiger partial charge < -0.3 is 14.7 Å². The second kappa shape index (κ2) is 7.59. The van der Waals surface area contributed by atoms with Crippen LogP contribution < -0.4 is 4.74 Å². The highest BCUT2D eigenvalue weighted by molar-refractivity contribution is 5.94. The van der Waals surface area contributed by atoms with Crippen molar-refractivity contribution in [2.45, 2.75) is 20.3 Å². The molecule has 0 saturated carbocycles. The van der Waals surface area contributed by atoms with E-state index in [1.807, 2.05) is 0 Å². The number of carbonyl (C=O) groups excluding carboxylic acids is 2. The number of rotatable bonds is 7. The molecular weight excluding hydrogens is 286 g/mol. The summed E-state index contributed by atoms with van der Waals surface area (Å²) >= 11 is 0. The van der Waals surface area contributed by atoms with E-state index in [1.165, 1.54) is 18.9 Å². The Morgan fingerprint density at radius 1 is 1.32 bits per heavy atom. The number of aliphatic carboxylic acids is 1. The summed E-state index contributed by atoms with van der Waals surface area (Å²) in [6.45, 7) is 3.13. The van der Waals surface area contributed by atoms with Crippen LogP contribution >= 0.6 is 0 Å². The van der Waals surface area contributed by atoms with Crippen LogP contribution in [0.25, 0.3) is 0 Å². The van der Waals surface area contributed by atoms with Crippen molar-refractivity contribution in [3.8, 4) is 5.75 Å². The summed E-state index contributed by atoms with van der Waals surface area (Å²) in [6.07, 6.45) is 0.0487. The van der Waals surface area contributed by atoms with E-state index in [1.54, 1.807) is 32.2 Å². The SMILES string of the molecule is COc1ccc(C(C)=O)cc1CC(=O)N(C)CC(C)C(=O)O. The molecule has 1 aromatic rings. The fourth-order valence-corrected chi connectivity index (χ4v) is 2.02. The lowest BCUT2D eigenvalue weighted by Crippen LogP contribution is -2.34. The van der Waals surface area contributed by atoms with Crippen LogP contribution in [0.5, 0.6) is 5.75 Å². The maximum atomic E-state index is 12.2. The first-order chi connectivity index (χ1) is 10.3. The number of benzene rings is 1. The van der Waals surface area contributed by atoms with Gasteiger partial charge in [-0.2, -0.15) is 0 Å². The second-order valence-electron chi connectivity index (χ2n) is 5.27. The van der Waals surface area contributed by atoms with Gasteiger partial charge >= 0.3 is 5.97 Å². The lowest BCUT2D eigenvalue weighted by molar-refractivity contribution is -0.142. The number of hydrogen-bond acceptors (Lipinski definition) is 4. The molecule has 0 aliphatic heterocycles. The summed E-state index contributed by atoms with van der Waals surface area (Å²) in [5, 5.41) is 8.89. The Balaban J connectivity index is 2.88. The number of ether oxygens (including phenoxy) is 1. The van der Waals surface area contributed by atoms with E-state index < -0.39 is 11.9 Å². The molecule has 0 spiro atoms. The summed E-state index contributed by atoms with van der Waals surface area (Å²) in [4.78, 5) is 35.9. The molecule has 0 saturated heterocycles. The summed E-state index contributed by atoms with van der Waals surface area (Å²) in [6, 6.07) is 4.93. The van der Waals surface area contributed by atoms with Crippen LogP contribution in [0.1, 0.15) is 29.8 Å². The molecule has 6 nitrogen and oxygen atoms in total. The maximum absolute atomic E-state index is 12.2. The van der Waals surface area contributed by atoms with Crippen molar-refractivity contribution in [2.24, 2.45) is 5.92 Å². The van der Waals surface area contributed by atoms with E-state index >= 15 is 0 Å². The molecule has 6 heteroatoms. The zero-order chi connectivity index (χ0) is 16.9. The Kier molecular flexibility index (Phi) is 6.10. The van der Waals surface area contributed by atoms with Gasteiger partial charge in [-0.25, -0.2) is 0 Å². The van der Waals surface area contributed by atoms with Crippen molar-refractivity contribution < 1.29 is 24.2 Å². The summed E-state index contributed by atoms with van der Waals surface area (Å²) in [5.74, 6) is -1.38. The second-order valence-corrected chi connectivity index (χ2v) is 5.27. The minimum atomic E-state index is -0.948. The third-order valence-corrected chi connectivity index (χ3v) is 3.42. The number of likely N-dealkylation sites (N-methyl/N-ethyl adjacent to an activating group) is 1. The van der Waals surface area contributed by atoms with Crippen LogP contribution in [0.3, 0.4) is 0 Å². The Morgan fingerprint density at radius 3 is 2.45 bits per heavy atom. The Hall–Kier alpha value is -2.37. The van der Waals surface area contributed by atoms with Crippen molar-refractivity contribution in [2.75, 3.05) is 20.7 Å². The third kappa shape index (κ3) is 4.58. The van der Waals surface area contributed by atoms with Crippen LogP contribution in [-0.4, -0.2) is 48.4 Å². The van der Waals surface area contributed by atoms with E-state index in [0.29, 0.717) is 16.9 Å². The largest absolute Gasteiger partial charge is 0.496 e. The van der Waals surface area contributed by atoms with Crippen LogP contribution in [0, 0.1) is 5.92 Å². The highest BCUT2D eigenvalue weighted by Gasteiger charge is 2.19. The number of methoxy groups -OCH3 is 1. The molecule has 0 bridgehead atoms. The molecule has 0 radical (unpaired) electrons. The zero-order valence-corrected chi connectivity index (χ0v) is 13.3. The molecule has 1 N–H and O–H groups in total. The first-order valence-corrected chi connectivity index (χ1v) is 6.90. The number of amides is 1. The summed E-state index contributed by atoms with van der Waals surface area (Å²) in [5.41, 5.74) is 1.11. The van der Waals surface area contributed by atoms with E-state index in [9.17, 15) is 14.4 Å². The number of carbonyl (C=O) groups is 3. The van der Waals surface area contributed by atoms with Crippen molar-refractivity contribution >= 4 is 17.7 Å². The smallest absolute Gasteiger partial charge is 0.308 e. The predicted octanol–water partition coefficient (Wildman–Crippen LogP) is 1.62. The van der Waals surface area contributed by atoms with Crippen LogP contribution in [0.4, 0.5) is 0 Å². The average Bonchev–Trinajstić information content (AvgIpc) is 2.46. The van der Waals surface area contributed by atoms with Gasteiger partial charge in [0.15, 0.2) is 5.78 Å². The molecule has 1 amide bonds. The van der Waals surface area contributed by atoms with Gasteiger partial charge in [-0.05, 0) is 25.1 Å². The van der Waals surface area contributed by atoms with Crippen molar-refractivity contribution in [1.29, 1.82) is 0 Å². The molecule has 1 atom stereocenters. The fraction of sp³-hybridized carbons (Fsp3) is 0.438. The van der Waals surface area contributed by atoms with E-state index in [4.69, 9.17) is 9.84 Å². The lowest BCUT2D eigenvalue weighted by atomic mass is 10.0. The van der Waals surface area contributed by atoms with Gasteiger partial charge in [-0.1, -0.05) is 6.92 Å². The van der Waals surface area contributed by atoms with Gasteiger partial charge in [0.25, 0.3) is 0 Å². The molecule has 1 rings (SSSR count). The minimum absolute atomic E-state index is 0.0487. The lowest BCUT2D eigenvalue weighted by Gasteiger charge is -2.20. The van der Waals surface area contributed by atoms with E-state index in [-0.39, 0.29) is 24.7 Å². The van der Waals surface area contributed by atoms with Gasteiger partial charge in [0, 0.05) is 24.7 Å². The molecule has 0 aromatic heterocycles. The average molecular weight is 307 g/mol. The van der Waals surface area contributed by atoms with Gasteiger partial charge in [-0.3, -0.25) is 14.4 Å². The molecule has 0 fully saturated rings.